The summed E-state index contributed by atoms with van der Waals surface area (Å²) in [7, 11) is 1.69. The van der Waals surface area contributed by atoms with E-state index < -0.39 is 11.6 Å². The Labute approximate surface area is 144 Å². The summed E-state index contributed by atoms with van der Waals surface area (Å²) in [4.78, 5) is 18.2. The van der Waals surface area contributed by atoms with Gasteiger partial charge in [-0.25, -0.2) is 8.78 Å². The van der Waals surface area contributed by atoms with E-state index in [4.69, 9.17) is 0 Å². The first-order valence-electron chi connectivity index (χ1n) is 7.74. The van der Waals surface area contributed by atoms with E-state index in [1.807, 2.05) is 30.3 Å². The molecule has 1 aromatic heterocycles. The minimum Gasteiger partial charge on any atom is -0.337 e. The standard InChI is InChI=1S/C20H16F2N2O/c1-24(13-14-5-3-2-4-6-14)20(25)16-9-15(11-23-12-16)18-10-17(21)7-8-19(18)22/h2-12H,13H2,1H3. The Kier molecular flexibility index (Phi) is 4.84. The smallest absolute Gasteiger partial charge is 0.255 e. The number of halogens is 2. The largest absolute Gasteiger partial charge is 0.337 e. The van der Waals surface area contributed by atoms with Gasteiger partial charge in [-0.3, -0.25) is 9.78 Å². The van der Waals surface area contributed by atoms with Crippen molar-refractivity contribution in [1.82, 2.24) is 9.88 Å². The van der Waals surface area contributed by atoms with Crippen molar-refractivity contribution < 1.29 is 13.6 Å². The second kappa shape index (κ2) is 7.21. The van der Waals surface area contributed by atoms with Crippen molar-refractivity contribution in [3.8, 4) is 11.1 Å². The van der Waals surface area contributed by atoms with Crippen LogP contribution in [0.15, 0.2) is 67.0 Å². The molecule has 3 nitrogen and oxygen atoms in total. The highest BCUT2D eigenvalue weighted by Gasteiger charge is 2.15. The molecule has 1 amide bonds. The Morgan fingerprint density at radius 2 is 1.80 bits per heavy atom. The van der Waals surface area contributed by atoms with Crippen molar-refractivity contribution in [2.24, 2.45) is 0 Å². The van der Waals surface area contributed by atoms with Crippen molar-refractivity contribution in [2.45, 2.75) is 6.54 Å². The lowest BCUT2D eigenvalue weighted by Gasteiger charge is -2.17. The molecule has 0 aliphatic rings. The molecule has 1 heterocycles. The van der Waals surface area contributed by atoms with E-state index >= 15 is 0 Å². The third kappa shape index (κ3) is 3.88. The fourth-order valence-electron chi connectivity index (χ4n) is 2.57. The first-order valence-corrected chi connectivity index (χ1v) is 7.74. The summed E-state index contributed by atoms with van der Waals surface area (Å²) in [5.74, 6) is -1.35. The average Bonchev–Trinajstić information content (AvgIpc) is 2.64. The monoisotopic (exact) mass is 338 g/mol. The third-order valence-corrected chi connectivity index (χ3v) is 3.83. The molecule has 0 saturated heterocycles. The van der Waals surface area contributed by atoms with Crippen LogP contribution in [0.5, 0.6) is 0 Å². The van der Waals surface area contributed by atoms with Crippen LogP contribution in [0, 0.1) is 11.6 Å². The first kappa shape index (κ1) is 16.8. The number of carbonyl (C=O) groups is 1. The lowest BCUT2D eigenvalue weighted by atomic mass is 10.0. The van der Waals surface area contributed by atoms with Gasteiger partial charge in [0.15, 0.2) is 0 Å². The van der Waals surface area contributed by atoms with E-state index in [1.165, 1.54) is 18.5 Å². The summed E-state index contributed by atoms with van der Waals surface area (Å²) in [6.45, 7) is 0.443. The van der Waals surface area contributed by atoms with Crippen molar-refractivity contribution in [3.05, 3.63) is 89.8 Å². The highest BCUT2D eigenvalue weighted by molar-refractivity contribution is 5.94. The van der Waals surface area contributed by atoms with Gasteiger partial charge >= 0.3 is 0 Å². The molecule has 0 spiro atoms. The second-order valence-electron chi connectivity index (χ2n) is 5.73. The Hall–Kier alpha value is -3.08. The number of hydrogen-bond acceptors (Lipinski definition) is 2. The van der Waals surface area contributed by atoms with Crippen LogP contribution in [0.2, 0.25) is 0 Å². The van der Waals surface area contributed by atoms with Crippen molar-refractivity contribution in [2.75, 3.05) is 7.05 Å². The van der Waals surface area contributed by atoms with Crippen molar-refractivity contribution in [3.63, 3.8) is 0 Å². The number of nitrogens with zero attached hydrogens (tertiary/aromatic N) is 2. The van der Waals surface area contributed by atoms with Crippen LogP contribution in [0.4, 0.5) is 8.78 Å². The molecule has 0 atom stereocenters. The molecule has 0 aliphatic heterocycles. The zero-order valence-corrected chi connectivity index (χ0v) is 13.6. The minimum absolute atomic E-state index is 0.0767. The van der Waals surface area contributed by atoms with Crippen molar-refractivity contribution >= 4 is 5.91 Å². The van der Waals surface area contributed by atoms with Gasteiger partial charge < -0.3 is 4.90 Å². The molecular formula is C20H16F2N2O. The number of rotatable bonds is 4. The van der Waals surface area contributed by atoms with E-state index in [0.29, 0.717) is 17.7 Å². The van der Waals surface area contributed by atoms with Gasteiger partial charge in [-0.15, -0.1) is 0 Å². The van der Waals surface area contributed by atoms with Crippen LogP contribution in [-0.4, -0.2) is 22.8 Å². The van der Waals surface area contributed by atoms with Crippen LogP contribution >= 0.6 is 0 Å². The van der Waals surface area contributed by atoms with Gasteiger partial charge in [0.2, 0.25) is 0 Å². The lowest BCUT2D eigenvalue weighted by molar-refractivity contribution is 0.0784. The number of benzene rings is 2. The zero-order valence-electron chi connectivity index (χ0n) is 13.6. The zero-order chi connectivity index (χ0) is 17.8. The van der Waals surface area contributed by atoms with Gasteiger partial charge in [-0.2, -0.15) is 0 Å². The molecule has 25 heavy (non-hydrogen) atoms. The lowest BCUT2D eigenvalue weighted by Crippen LogP contribution is -2.26. The van der Waals surface area contributed by atoms with Gasteiger partial charge in [-0.1, -0.05) is 30.3 Å². The molecule has 2 aromatic carbocycles. The van der Waals surface area contributed by atoms with Gasteiger partial charge in [0.1, 0.15) is 11.6 Å². The molecule has 3 aromatic rings. The maximum Gasteiger partial charge on any atom is 0.255 e. The molecule has 0 bridgehead atoms. The Morgan fingerprint density at radius 3 is 2.56 bits per heavy atom. The normalized spacial score (nSPS) is 10.5. The number of pyridine rings is 1. The highest BCUT2D eigenvalue weighted by atomic mass is 19.1. The van der Waals surface area contributed by atoms with Crippen LogP contribution in [-0.2, 0) is 6.54 Å². The Bertz CT molecular complexity index is 897. The number of carbonyl (C=O) groups excluding carboxylic acids is 1. The van der Waals surface area contributed by atoms with Crippen LogP contribution in [0.3, 0.4) is 0 Å². The van der Waals surface area contributed by atoms with E-state index in [9.17, 15) is 13.6 Å². The second-order valence-corrected chi connectivity index (χ2v) is 5.73. The van der Waals surface area contributed by atoms with E-state index in [0.717, 1.165) is 23.8 Å². The minimum atomic E-state index is -0.564. The molecule has 0 radical (unpaired) electrons. The Morgan fingerprint density at radius 1 is 1.04 bits per heavy atom. The fourth-order valence-corrected chi connectivity index (χ4v) is 2.57. The molecule has 0 unspecified atom stereocenters. The summed E-state index contributed by atoms with van der Waals surface area (Å²) in [5.41, 5.74) is 1.75. The average molecular weight is 338 g/mol. The maximum absolute atomic E-state index is 13.9. The highest BCUT2D eigenvalue weighted by Crippen LogP contribution is 2.24. The van der Waals surface area contributed by atoms with E-state index in [1.54, 1.807) is 11.9 Å². The quantitative estimate of drug-likeness (QED) is 0.711. The van der Waals surface area contributed by atoms with E-state index in [2.05, 4.69) is 4.98 Å². The maximum atomic E-state index is 13.9. The molecule has 0 fully saturated rings. The van der Waals surface area contributed by atoms with Crippen LogP contribution in [0.25, 0.3) is 11.1 Å². The van der Waals surface area contributed by atoms with Gasteiger partial charge in [0.25, 0.3) is 5.91 Å². The molecular weight excluding hydrogens is 322 g/mol. The first-order chi connectivity index (χ1) is 12.0. The van der Waals surface area contributed by atoms with Crippen LogP contribution in [0.1, 0.15) is 15.9 Å². The predicted molar refractivity (Wildman–Crippen MR) is 91.8 cm³/mol. The predicted octanol–water partition coefficient (Wildman–Crippen LogP) is 4.30. The van der Waals surface area contributed by atoms with Gasteiger partial charge in [-0.05, 0) is 29.8 Å². The summed E-state index contributed by atoms with van der Waals surface area (Å²) in [5, 5.41) is 0. The summed E-state index contributed by atoms with van der Waals surface area (Å²) < 4.78 is 27.3. The summed E-state index contributed by atoms with van der Waals surface area (Å²) in [6.07, 6.45) is 2.83. The molecule has 5 heteroatoms. The van der Waals surface area contributed by atoms with Gasteiger partial charge in [0, 0.05) is 37.1 Å². The van der Waals surface area contributed by atoms with Gasteiger partial charge in [0.05, 0.1) is 5.56 Å². The fraction of sp³-hybridized carbons (Fsp3) is 0.100. The molecule has 3 rings (SSSR count). The Balaban J connectivity index is 1.85. The SMILES string of the molecule is CN(Cc1ccccc1)C(=O)c1cncc(-c2cc(F)ccc2F)c1. The number of aromatic nitrogens is 1. The summed E-state index contributed by atoms with van der Waals surface area (Å²) in [6, 6.07) is 14.3. The molecule has 0 saturated carbocycles. The molecule has 0 N–H and O–H groups in total. The van der Waals surface area contributed by atoms with Crippen LogP contribution < -0.4 is 0 Å². The molecule has 0 aliphatic carbocycles. The van der Waals surface area contributed by atoms with E-state index in [-0.39, 0.29) is 11.5 Å². The number of amides is 1. The molecule has 126 valence electrons. The van der Waals surface area contributed by atoms with Crippen molar-refractivity contribution in [1.29, 1.82) is 0 Å². The summed E-state index contributed by atoms with van der Waals surface area (Å²) >= 11 is 0. The number of hydrogen-bond donors (Lipinski definition) is 0. The topological polar surface area (TPSA) is 33.2 Å². The third-order valence-electron chi connectivity index (χ3n) is 3.83.